The van der Waals surface area contributed by atoms with Gasteiger partial charge in [-0.3, -0.25) is 9.69 Å². The minimum absolute atomic E-state index is 0.168. The average Bonchev–Trinajstić information content (AvgIpc) is 2.32. The Hall–Kier alpha value is -1.79. The Morgan fingerprint density at radius 3 is 2.89 bits per heavy atom. The number of aromatic nitrogens is 3. The maximum absolute atomic E-state index is 12.1. The molecule has 0 radical (unpaired) electrons. The van der Waals surface area contributed by atoms with E-state index < -0.39 is 6.10 Å². The lowest BCUT2D eigenvalue weighted by Crippen LogP contribution is -2.35. The van der Waals surface area contributed by atoms with E-state index >= 15 is 0 Å². The van der Waals surface area contributed by atoms with Crippen molar-refractivity contribution in [3.8, 4) is 0 Å². The maximum atomic E-state index is 12.1. The third kappa shape index (κ3) is 2.72. The van der Waals surface area contributed by atoms with E-state index in [4.69, 9.17) is 0 Å². The van der Waals surface area contributed by atoms with Gasteiger partial charge in [0.05, 0.1) is 18.2 Å². The van der Waals surface area contributed by atoms with Gasteiger partial charge in [0.15, 0.2) is 0 Å². The molecule has 0 spiro atoms. The largest absolute Gasteiger partial charge is 0.392 e. The fraction of sp³-hybridized carbons (Fsp3) is 0.417. The second-order valence-electron chi connectivity index (χ2n) is 4.44. The van der Waals surface area contributed by atoms with E-state index in [1.54, 1.807) is 25.1 Å². The van der Waals surface area contributed by atoms with E-state index in [2.05, 4.69) is 10.3 Å². The van der Waals surface area contributed by atoms with Gasteiger partial charge in [0.2, 0.25) is 0 Å². The van der Waals surface area contributed by atoms with Gasteiger partial charge >= 0.3 is 0 Å². The van der Waals surface area contributed by atoms with Gasteiger partial charge in [-0.2, -0.15) is 4.68 Å². The number of hydrogen-bond acceptors (Lipinski definition) is 5. The van der Waals surface area contributed by atoms with Crippen LogP contribution in [0.3, 0.4) is 0 Å². The number of aliphatic hydroxyl groups is 1. The van der Waals surface area contributed by atoms with Crippen molar-refractivity contribution in [1.82, 2.24) is 19.9 Å². The molecule has 0 aliphatic heterocycles. The van der Waals surface area contributed by atoms with Crippen LogP contribution < -0.4 is 5.56 Å². The quantitative estimate of drug-likeness (QED) is 0.828. The van der Waals surface area contributed by atoms with Gasteiger partial charge in [-0.1, -0.05) is 17.3 Å². The summed E-state index contributed by atoms with van der Waals surface area (Å²) < 4.78 is 1.30. The summed E-state index contributed by atoms with van der Waals surface area (Å²) in [4.78, 5) is 13.9. The van der Waals surface area contributed by atoms with Crippen molar-refractivity contribution in [3.05, 3.63) is 34.6 Å². The van der Waals surface area contributed by atoms with Gasteiger partial charge in [0, 0.05) is 6.54 Å². The molecule has 0 saturated carbocycles. The molecule has 1 aromatic heterocycles. The number of rotatable bonds is 4. The molecule has 6 nitrogen and oxygen atoms in total. The Bertz CT molecular complexity index is 594. The number of aliphatic hydroxyl groups excluding tert-OH is 1. The lowest BCUT2D eigenvalue weighted by Gasteiger charge is -2.18. The molecule has 1 N–H and O–H groups in total. The molecule has 1 heterocycles. The van der Waals surface area contributed by atoms with Crippen LogP contribution in [0.4, 0.5) is 0 Å². The van der Waals surface area contributed by atoms with Crippen LogP contribution in [0.5, 0.6) is 0 Å². The summed E-state index contributed by atoms with van der Waals surface area (Å²) in [5, 5.41) is 17.7. The van der Waals surface area contributed by atoms with Crippen molar-refractivity contribution >= 4 is 10.9 Å². The van der Waals surface area contributed by atoms with E-state index in [0.717, 1.165) is 0 Å². The van der Waals surface area contributed by atoms with Gasteiger partial charge in [0.1, 0.15) is 5.52 Å². The molecular formula is C12H16N4O2. The summed E-state index contributed by atoms with van der Waals surface area (Å²) in [6.07, 6.45) is -0.445. The van der Waals surface area contributed by atoms with E-state index in [1.165, 1.54) is 4.68 Å². The van der Waals surface area contributed by atoms with Crippen LogP contribution in [0.25, 0.3) is 10.9 Å². The summed E-state index contributed by atoms with van der Waals surface area (Å²) in [5.74, 6) is 0. The molecule has 1 unspecified atom stereocenters. The topological polar surface area (TPSA) is 71.2 Å². The highest BCUT2D eigenvalue weighted by Crippen LogP contribution is 2.03. The molecule has 0 amide bonds. The zero-order chi connectivity index (χ0) is 13.1. The summed E-state index contributed by atoms with van der Waals surface area (Å²) in [5.41, 5.74) is 0.426. The summed E-state index contributed by atoms with van der Waals surface area (Å²) in [6, 6.07) is 7.11. The molecule has 0 bridgehead atoms. The van der Waals surface area contributed by atoms with Crippen molar-refractivity contribution in [1.29, 1.82) is 0 Å². The molecule has 2 aromatic rings. The van der Waals surface area contributed by atoms with E-state index in [9.17, 15) is 9.90 Å². The second-order valence-corrected chi connectivity index (χ2v) is 4.44. The number of hydrogen-bond donors (Lipinski definition) is 1. The molecule has 18 heavy (non-hydrogen) atoms. The van der Waals surface area contributed by atoms with Crippen molar-refractivity contribution in [3.63, 3.8) is 0 Å². The van der Waals surface area contributed by atoms with Gasteiger partial charge in [-0.05, 0) is 26.1 Å². The van der Waals surface area contributed by atoms with Crippen LogP contribution in [0.1, 0.15) is 6.92 Å². The fourth-order valence-electron chi connectivity index (χ4n) is 1.85. The third-order valence-corrected chi connectivity index (χ3v) is 2.58. The van der Waals surface area contributed by atoms with Gasteiger partial charge < -0.3 is 5.11 Å². The molecule has 2 rings (SSSR count). The van der Waals surface area contributed by atoms with Crippen molar-refractivity contribution < 1.29 is 5.11 Å². The lowest BCUT2D eigenvalue weighted by atomic mass is 10.2. The molecule has 6 heteroatoms. The highest BCUT2D eigenvalue weighted by molar-refractivity contribution is 5.76. The van der Waals surface area contributed by atoms with E-state index in [-0.39, 0.29) is 5.56 Å². The minimum atomic E-state index is -0.445. The molecule has 0 aliphatic rings. The van der Waals surface area contributed by atoms with Gasteiger partial charge in [0.25, 0.3) is 5.56 Å². The lowest BCUT2D eigenvalue weighted by molar-refractivity contribution is 0.120. The number of benzene rings is 1. The summed E-state index contributed by atoms with van der Waals surface area (Å²) in [6.45, 7) is 2.48. The first-order valence-corrected chi connectivity index (χ1v) is 5.77. The van der Waals surface area contributed by atoms with Gasteiger partial charge in [-0.25, -0.2) is 0 Å². The van der Waals surface area contributed by atoms with Gasteiger partial charge in [-0.15, -0.1) is 5.10 Å². The number of nitrogens with zero attached hydrogens (tertiary/aromatic N) is 4. The summed E-state index contributed by atoms with van der Waals surface area (Å²) >= 11 is 0. The summed E-state index contributed by atoms with van der Waals surface area (Å²) in [7, 11) is 1.82. The zero-order valence-electron chi connectivity index (χ0n) is 10.4. The molecule has 0 saturated heterocycles. The van der Waals surface area contributed by atoms with Crippen molar-refractivity contribution in [2.24, 2.45) is 0 Å². The first-order valence-electron chi connectivity index (χ1n) is 5.77. The zero-order valence-corrected chi connectivity index (χ0v) is 10.4. The monoisotopic (exact) mass is 248 g/mol. The second kappa shape index (κ2) is 5.24. The van der Waals surface area contributed by atoms with Crippen molar-refractivity contribution in [2.45, 2.75) is 19.7 Å². The predicted molar refractivity (Wildman–Crippen MR) is 68.1 cm³/mol. The Balaban J connectivity index is 2.29. The molecule has 96 valence electrons. The fourth-order valence-corrected chi connectivity index (χ4v) is 1.85. The highest BCUT2D eigenvalue weighted by atomic mass is 16.3. The minimum Gasteiger partial charge on any atom is -0.392 e. The SMILES string of the molecule is CC(O)CN(C)Cn1nnc2ccccc2c1=O. The van der Waals surface area contributed by atoms with Crippen LogP contribution in [0, 0.1) is 0 Å². The Kier molecular flexibility index (Phi) is 3.69. The first kappa shape index (κ1) is 12.7. The molecule has 0 aliphatic carbocycles. The molecular weight excluding hydrogens is 232 g/mol. The predicted octanol–water partition coefficient (Wildman–Crippen LogP) is 0.0616. The molecule has 0 fully saturated rings. The molecule has 1 aromatic carbocycles. The highest BCUT2D eigenvalue weighted by Gasteiger charge is 2.08. The van der Waals surface area contributed by atoms with Crippen LogP contribution in [-0.2, 0) is 6.67 Å². The Morgan fingerprint density at radius 2 is 2.17 bits per heavy atom. The normalized spacial score (nSPS) is 13.1. The number of fused-ring (bicyclic) bond motifs is 1. The Morgan fingerprint density at radius 1 is 1.44 bits per heavy atom. The smallest absolute Gasteiger partial charge is 0.278 e. The third-order valence-electron chi connectivity index (χ3n) is 2.58. The van der Waals surface area contributed by atoms with Crippen LogP contribution >= 0.6 is 0 Å². The van der Waals surface area contributed by atoms with E-state index in [0.29, 0.717) is 24.1 Å². The first-order chi connectivity index (χ1) is 8.58. The molecule has 1 atom stereocenters. The number of likely N-dealkylation sites (N-methyl/N-ethyl adjacent to an activating group) is 1. The van der Waals surface area contributed by atoms with Crippen molar-refractivity contribution in [2.75, 3.05) is 13.6 Å². The van der Waals surface area contributed by atoms with Crippen LogP contribution in [0.2, 0.25) is 0 Å². The van der Waals surface area contributed by atoms with Crippen LogP contribution in [0.15, 0.2) is 29.1 Å². The average molecular weight is 248 g/mol. The Labute approximate surface area is 104 Å². The van der Waals surface area contributed by atoms with E-state index in [1.807, 2.05) is 18.0 Å². The standard InChI is InChI=1S/C12H16N4O2/c1-9(17)7-15(2)8-16-12(18)10-5-3-4-6-11(10)13-14-16/h3-6,9,17H,7-8H2,1-2H3. The van der Waals surface area contributed by atoms with Crippen LogP contribution in [-0.4, -0.2) is 44.7 Å². The maximum Gasteiger partial charge on any atom is 0.278 e.